The molecular formula is C21H22ClN7O2. The highest BCUT2D eigenvalue weighted by molar-refractivity contribution is 6.29. The van der Waals surface area contributed by atoms with E-state index in [-0.39, 0.29) is 0 Å². The molecule has 0 radical (unpaired) electrons. The van der Waals surface area contributed by atoms with Crippen LogP contribution in [-0.4, -0.2) is 63.5 Å². The standard InChI is InChI=1S/C21H22ClN7O2/c1-30-18-11-23-19(22)9-16(18)25-17-10-24-28-20(17)21-26-14-3-2-13(8-15(14)27-21)12-29-4-6-31-7-5-29/h2-3,8-11H,4-7,12H2,1H3,(H,23,25)(H,24,28)(H,26,27). The van der Waals surface area contributed by atoms with Gasteiger partial charge in [-0.25, -0.2) is 9.97 Å². The molecule has 5 rings (SSSR count). The number of imidazole rings is 1. The number of halogens is 1. The van der Waals surface area contributed by atoms with E-state index in [0.29, 0.717) is 22.4 Å². The first-order valence-corrected chi connectivity index (χ1v) is 10.4. The second kappa shape index (κ2) is 8.54. The summed E-state index contributed by atoms with van der Waals surface area (Å²) in [6.45, 7) is 4.39. The Hall–Kier alpha value is -3.14. The van der Waals surface area contributed by atoms with Crippen molar-refractivity contribution in [3.05, 3.63) is 47.4 Å². The topological polar surface area (TPSA) is 104 Å². The van der Waals surface area contributed by atoms with Crippen LogP contribution in [0.3, 0.4) is 0 Å². The number of rotatable bonds is 6. The van der Waals surface area contributed by atoms with E-state index < -0.39 is 0 Å². The van der Waals surface area contributed by atoms with Gasteiger partial charge in [-0.15, -0.1) is 0 Å². The number of H-pyrrole nitrogens is 2. The summed E-state index contributed by atoms with van der Waals surface area (Å²) in [5.74, 6) is 1.27. The molecule has 0 aliphatic carbocycles. The van der Waals surface area contributed by atoms with E-state index in [2.05, 4.69) is 42.5 Å². The molecule has 31 heavy (non-hydrogen) atoms. The first-order chi connectivity index (χ1) is 15.2. The molecule has 1 saturated heterocycles. The van der Waals surface area contributed by atoms with Gasteiger partial charge in [0.15, 0.2) is 11.6 Å². The van der Waals surface area contributed by atoms with E-state index in [1.54, 1.807) is 25.6 Å². The van der Waals surface area contributed by atoms with Crippen molar-refractivity contribution in [2.75, 3.05) is 38.7 Å². The van der Waals surface area contributed by atoms with E-state index in [1.807, 2.05) is 6.07 Å². The molecule has 1 aliphatic rings. The van der Waals surface area contributed by atoms with Crippen molar-refractivity contribution in [2.24, 2.45) is 0 Å². The summed E-state index contributed by atoms with van der Waals surface area (Å²) in [6.07, 6.45) is 3.27. The molecule has 0 spiro atoms. The van der Waals surface area contributed by atoms with Crippen LogP contribution in [0.4, 0.5) is 11.4 Å². The van der Waals surface area contributed by atoms with Gasteiger partial charge in [0, 0.05) is 25.7 Å². The molecule has 0 atom stereocenters. The molecule has 0 amide bonds. The summed E-state index contributed by atoms with van der Waals surface area (Å²) in [6, 6.07) is 8.02. The van der Waals surface area contributed by atoms with Crippen LogP contribution in [0.15, 0.2) is 36.7 Å². The number of nitrogens with zero attached hydrogens (tertiary/aromatic N) is 4. The lowest BCUT2D eigenvalue weighted by Gasteiger charge is -2.26. The van der Waals surface area contributed by atoms with Crippen molar-refractivity contribution in [2.45, 2.75) is 6.54 Å². The van der Waals surface area contributed by atoms with E-state index in [1.165, 1.54) is 5.56 Å². The lowest BCUT2D eigenvalue weighted by molar-refractivity contribution is 0.0342. The number of fused-ring (bicyclic) bond motifs is 1. The lowest BCUT2D eigenvalue weighted by Crippen LogP contribution is -2.35. The van der Waals surface area contributed by atoms with Crippen LogP contribution in [0.2, 0.25) is 5.15 Å². The van der Waals surface area contributed by atoms with Crippen molar-refractivity contribution < 1.29 is 9.47 Å². The number of methoxy groups -OCH3 is 1. The molecule has 4 aromatic rings. The second-order valence-electron chi connectivity index (χ2n) is 7.32. The molecule has 1 fully saturated rings. The third-order valence-electron chi connectivity index (χ3n) is 5.26. The van der Waals surface area contributed by atoms with Gasteiger partial charge in [0.05, 0.1) is 55.1 Å². The molecule has 0 unspecified atom stereocenters. The molecule has 4 heterocycles. The first kappa shape index (κ1) is 19.8. The normalized spacial score (nSPS) is 14.8. The smallest absolute Gasteiger partial charge is 0.160 e. The average Bonchev–Trinajstić information content (AvgIpc) is 3.41. The van der Waals surface area contributed by atoms with Crippen LogP contribution in [0.1, 0.15) is 5.56 Å². The molecule has 0 saturated carbocycles. The highest BCUT2D eigenvalue weighted by Gasteiger charge is 2.16. The lowest BCUT2D eigenvalue weighted by atomic mass is 10.2. The van der Waals surface area contributed by atoms with Gasteiger partial charge < -0.3 is 19.8 Å². The van der Waals surface area contributed by atoms with Crippen LogP contribution in [0, 0.1) is 0 Å². The molecule has 3 aromatic heterocycles. The Morgan fingerprint density at radius 2 is 2.06 bits per heavy atom. The Balaban J connectivity index is 1.41. The van der Waals surface area contributed by atoms with Crippen LogP contribution in [0.5, 0.6) is 5.75 Å². The van der Waals surface area contributed by atoms with E-state index in [0.717, 1.165) is 55.3 Å². The van der Waals surface area contributed by atoms with Crippen LogP contribution in [0.25, 0.3) is 22.6 Å². The fraction of sp³-hybridized carbons (Fsp3) is 0.286. The predicted octanol–water partition coefficient (Wildman–Crippen LogP) is 3.59. The van der Waals surface area contributed by atoms with Gasteiger partial charge >= 0.3 is 0 Å². The second-order valence-corrected chi connectivity index (χ2v) is 7.70. The van der Waals surface area contributed by atoms with Crippen molar-refractivity contribution in [3.8, 4) is 17.3 Å². The third-order valence-corrected chi connectivity index (χ3v) is 5.46. The van der Waals surface area contributed by atoms with Gasteiger partial charge in [-0.2, -0.15) is 5.10 Å². The quantitative estimate of drug-likeness (QED) is 0.394. The van der Waals surface area contributed by atoms with Crippen molar-refractivity contribution in [1.82, 2.24) is 30.0 Å². The summed E-state index contributed by atoms with van der Waals surface area (Å²) >= 11 is 6.05. The maximum absolute atomic E-state index is 6.05. The number of aromatic nitrogens is 5. The number of nitrogens with one attached hydrogen (secondary N) is 3. The monoisotopic (exact) mass is 439 g/mol. The van der Waals surface area contributed by atoms with Crippen molar-refractivity contribution in [1.29, 1.82) is 0 Å². The largest absolute Gasteiger partial charge is 0.493 e. The summed E-state index contributed by atoms with van der Waals surface area (Å²) in [4.78, 5) is 14.6. The summed E-state index contributed by atoms with van der Waals surface area (Å²) in [7, 11) is 1.58. The van der Waals surface area contributed by atoms with Gasteiger partial charge in [0.25, 0.3) is 0 Å². The van der Waals surface area contributed by atoms with Crippen molar-refractivity contribution in [3.63, 3.8) is 0 Å². The number of morpholine rings is 1. The predicted molar refractivity (Wildman–Crippen MR) is 119 cm³/mol. The van der Waals surface area contributed by atoms with E-state index in [4.69, 9.17) is 26.1 Å². The summed E-state index contributed by atoms with van der Waals surface area (Å²) in [5, 5.41) is 10.9. The Kier molecular flexibility index (Phi) is 5.46. The summed E-state index contributed by atoms with van der Waals surface area (Å²) < 4.78 is 10.8. The van der Waals surface area contributed by atoms with Gasteiger partial charge in [0.2, 0.25) is 0 Å². The van der Waals surface area contributed by atoms with Gasteiger partial charge in [-0.3, -0.25) is 10.00 Å². The molecule has 10 heteroatoms. The van der Waals surface area contributed by atoms with E-state index in [9.17, 15) is 0 Å². The number of ether oxygens (including phenoxy) is 2. The maximum atomic E-state index is 6.05. The molecule has 1 aliphatic heterocycles. The number of pyridine rings is 1. The fourth-order valence-electron chi connectivity index (χ4n) is 3.68. The highest BCUT2D eigenvalue weighted by Crippen LogP contribution is 2.33. The molecule has 0 bridgehead atoms. The number of hydrogen-bond donors (Lipinski definition) is 3. The van der Waals surface area contributed by atoms with Gasteiger partial charge in [-0.1, -0.05) is 17.7 Å². The average molecular weight is 440 g/mol. The zero-order valence-corrected chi connectivity index (χ0v) is 17.7. The fourth-order valence-corrected chi connectivity index (χ4v) is 3.83. The Morgan fingerprint density at radius 3 is 2.90 bits per heavy atom. The number of anilines is 2. The Labute approximate surface area is 183 Å². The van der Waals surface area contributed by atoms with Crippen LogP contribution in [-0.2, 0) is 11.3 Å². The number of aromatic amines is 2. The molecule has 9 nitrogen and oxygen atoms in total. The molecule has 1 aromatic carbocycles. The number of hydrogen-bond acceptors (Lipinski definition) is 7. The minimum absolute atomic E-state index is 0.366. The van der Waals surface area contributed by atoms with Gasteiger partial charge in [0.1, 0.15) is 10.8 Å². The van der Waals surface area contributed by atoms with Crippen LogP contribution < -0.4 is 10.1 Å². The minimum atomic E-state index is 0.366. The third kappa shape index (κ3) is 4.20. The maximum Gasteiger partial charge on any atom is 0.160 e. The molecule has 160 valence electrons. The highest BCUT2D eigenvalue weighted by atomic mass is 35.5. The zero-order valence-electron chi connectivity index (χ0n) is 17.0. The first-order valence-electron chi connectivity index (χ1n) is 9.98. The zero-order chi connectivity index (χ0) is 21.2. The van der Waals surface area contributed by atoms with E-state index >= 15 is 0 Å². The minimum Gasteiger partial charge on any atom is -0.493 e. The SMILES string of the molecule is COc1cnc(Cl)cc1Nc1cn[nH]c1-c1nc2ccc(CN3CCOCC3)cc2[nH]1. The molecule has 3 N–H and O–H groups in total. The van der Waals surface area contributed by atoms with Gasteiger partial charge in [-0.05, 0) is 17.7 Å². The summed E-state index contributed by atoms with van der Waals surface area (Å²) in [5.41, 5.74) is 5.28. The van der Waals surface area contributed by atoms with Crippen molar-refractivity contribution >= 4 is 34.0 Å². The Bertz CT molecular complexity index is 1200. The Morgan fingerprint density at radius 1 is 1.19 bits per heavy atom. The molecular weight excluding hydrogens is 418 g/mol. The van der Waals surface area contributed by atoms with Crippen LogP contribution >= 0.6 is 11.6 Å². The number of benzene rings is 1.